The summed E-state index contributed by atoms with van der Waals surface area (Å²) in [6, 6.07) is 2.56. The first-order valence-electron chi connectivity index (χ1n) is 6.61. The van der Waals surface area contributed by atoms with Gasteiger partial charge in [0.05, 0.1) is 0 Å². The summed E-state index contributed by atoms with van der Waals surface area (Å²) in [6.45, 7) is 7.26. The molecule has 0 amide bonds. The molecule has 0 aliphatic carbocycles. The highest BCUT2D eigenvalue weighted by atomic mass is 15.3. The van der Waals surface area contributed by atoms with Crippen LogP contribution in [-0.4, -0.2) is 23.0 Å². The predicted molar refractivity (Wildman–Crippen MR) is 63.8 cm³/mol. The summed E-state index contributed by atoms with van der Waals surface area (Å²) in [6.07, 6.45) is 8.18. The van der Waals surface area contributed by atoms with E-state index in [0.29, 0.717) is 0 Å². The minimum absolute atomic E-state index is 0.791. The molecule has 3 aliphatic heterocycles. The molecule has 0 radical (unpaired) electrons. The van der Waals surface area contributed by atoms with Crippen LogP contribution in [0.15, 0.2) is 11.6 Å². The molecule has 0 N–H and O–H groups in total. The Labute approximate surface area is 93.5 Å². The van der Waals surface area contributed by atoms with Gasteiger partial charge in [0.15, 0.2) is 0 Å². The Kier molecular flexibility index (Phi) is 2.21. The lowest BCUT2D eigenvalue weighted by Crippen LogP contribution is -2.54. The van der Waals surface area contributed by atoms with E-state index in [1.807, 2.05) is 0 Å². The van der Waals surface area contributed by atoms with Crippen LogP contribution in [0, 0.1) is 11.8 Å². The maximum atomic E-state index is 2.87. The minimum atomic E-state index is 0.791. The smallest absolute Gasteiger partial charge is 0.0287 e. The Morgan fingerprint density at radius 1 is 1.13 bits per heavy atom. The maximum Gasteiger partial charge on any atom is 0.0287 e. The van der Waals surface area contributed by atoms with Crippen molar-refractivity contribution in [3.8, 4) is 0 Å². The van der Waals surface area contributed by atoms with Crippen LogP contribution >= 0.6 is 0 Å². The molecule has 3 heterocycles. The van der Waals surface area contributed by atoms with Crippen molar-refractivity contribution in [3.63, 3.8) is 0 Å². The monoisotopic (exact) mass is 205 g/mol. The SMILES string of the molecule is CC1=C[C@H]2CC[C@@H]3[C@@H](C)C[C@H](C)[C@@H](C1)N32. The molecule has 1 nitrogen and oxygen atoms in total. The van der Waals surface area contributed by atoms with Crippen molar-refractivity contribution in [1.29, 1.82) is 0 Å². The lowest BCUT2D eigenvalue weighted by atomic mass is 9.77. The van der Waals surface area contributed by atoms with E-state index >= 15 is 0 Å². The number of piperidine rings is 1. The summed E-state index contributed by atoms with van der Waals surface area (Å²) in [5, 5.41) is 0. The van der Waals surface area contributed by atoms with Gasteiger partial charge in [-0.15, -0.1) is 0 Å². The number of hydrogen-bond acceptors (Lipinski definition) is 1. The van der Waals surface area contributed by atoms with Gasteiger partial charge in [0.1, 0.15) is 0 Å². The second-order valence-electron chi connectivity index (χ2n) is 6.13. The van der Waals surface area contributed by atoms with E-state index in [1.54, 1.807) is 5.57 Å². The zero-order valence-corrected chi connectivity index (χ0v) is 10.2. The van der Waals surface area contributed by atoms with Gasteiger partial charge in [0.2, 0.25) is 0 Å². The van der Waals surface area contributed by atoms with Crippen molar-refractivity contribution in [3.05, 3.63) is 11.6 Å². The molecule has 0 aromatic carbocycles. The van der Waals surface area contributed by atoms with Crippen LogP contribution in [0.2, 0.25) is 0 Å². The summed E-state index contributed by atoms with van der Waals surface area (Å²) in [5.74, 6) is 1.83. The van der Waals surface area contributed by atoms with E-state index in [0.717, 1.165) is 30.0 Å². The van der Waals surface area contributed by atoms with Gasteiger partial charge in [0, 0.05) is 18.1 Å². The summed E-state index contributed by atoms with van der Waals surface area (Å²) < 4.78 is 0. The molecule has 2 fully saturated rings. The zero-order valence-electron chi connectivity index (χ0n) is 10.2. The van der Waals surface area contributed by atoms with Crippen LogP contribution < -0.4 is 0 Å². The summed E-state index contributed by atoms with van der Waals surface area (Å²) >= 11 is 0. The second-order valence-corrected chi connectivity index (χ2v) is 6.13. The van der Waals surface area contributed by atoms with Crippen LogP contribution in [0.4, 0.5) is 0 Å². The summed E-state index contributed by atoms with van der Waals surface area (Å²) in [4.78, 5) is 2.87. The minimum Gasteiger partial charge on any atom is -0.290 e. The van der Waals surface area contributed by atoms with Gasteiger partial charge >= 0.3 is 0 Å². The standard InChI is InChI=1S/C14H23N/c1-9-6-12-4-5-13-10(2)8-11(3)14(7-9)15(12)13/h6,10-14H,4-5,7-8H2,1-3H3/t10-,11-,12+,13+,14+/m0/s1. The van der Waals surface area contributed by atoms with Crippen LogP contribution in [0.1, 0.15) is 46.5 Å². The first kappa shape index (κ1) is 9.89. The van der Waals surface area contributed by atoms with Gasteiger partial charge in [-0.25, -0.2) is 0 Å². The molecule has 3 rings (SSSR count). The zero-order chi connectivity index (χ0) is 10.6. The first-order chi connectivity index (χ1) is 7.16. The molecule has 0 saturated carbocycles. The van der Waals surface area contributed by atoms with Crippen molar-refractivity contribution in [1.82, 2.24) is 4.90 Å². The lowest BCUT2D eigenvalue weighted by molar-refractivity contribution is 0.0174. The molecule has 1 heteroatoms. The van der Waals surface area contributed by atoms with E-state index in [2.05, 4.69) is 31.7 Å². The molecule has 2 saturated heterocycles. The summed E-state index contributed by atoms with van der Waals surface area (Å²) in [5.41, 5.74) is 1.64. The largest absolute Gasteiger partial charge is 0.290 e. The summed E-state index contributed by atoms with van der Waals surface area (Å²) in [7, 11) is 0. The molecular weight excluding hydrogens is 182 g/mol. The molecule has 3 aliphatic rings. The van der Waals surface area contributed by atoms with E-state index in [-0.39, 0.29) is 0 Å². The van der Waals surface area contributed by atoms with Gasteiger partial charge in [-0.3, -0.25) is 4.90 Å². The van der Waals surface area contributed by atoms with Crippen LogP contribution in [0.25, 0.3) is 0 Å². The number of hydrogen-bond donors (Lipinski definition) is 0. The molecule has 15 heavy (non-hydrogen) atoms. The van der Waals surface area contributed by atoms with E-state index in [1.165, 1.54) is 25.7 Å². The molecule has 0 aromatic heterocycles. The Morgan fingerprint density at radius 3 is 2.67 bits per heavy atom. The predicted octanol–water partition coefficient (Wildman–Crippen LogP) is 3.21. The highest BCUT2D eigenvalue weighted by Crippen LogP contribution is 2.45. The van der Waals surface area contributed by atoms with Crippen molar-refractivity contribution >= 4 is 0 Å². The molecule has 5 atom stereocenters. The first-order valence-corrected chi connectivity index (χ1v) is 6.61. The molecule has 0 aromatic rings. The molecule has 0 unspecified atom stereocenters. The van der Waals surface area contributed by atoms with Gasteiger partial charge in [-0.05, 0) is 44.4 Å². The topological polar surface area (TPSA) is 3.24 Å². The Morgan fingerprint density at radius 2 is 1.87 bits per heavy atom. The van der Waals surface area contributed by atoms with Gasteiger partial charge in [-0.2, -0.15) is 0 Å². The molecular formula is C14H23N. The Bertz CT molecular complexity index is 294. The van der Waals surface area contributed by atoms with Crippen molar-refractivity contribution in [2.75, 3.05) is 0 Å². The van der Waals surface area contributed by atoms with Crippen LogP contribution in [-0.2, 0) is 0 Å². The van der Waals surface area contributed by atoms with E-state index in [9.17, 15) is 0 Å². The maximum absolute atomic E-state index is 2.87. The van der Waals surface area contributed by atoms with Crippen molar-refractivity contribution < 1.29 is 0 Å². The van der Waals surface area contributed by atoms with Gasteiger partial charge in [-0.1, -0.05) is 25.5 Å². The van der Waals surface area contributed by atoms with Gasteiger partial charge in [0.25, 0.3) is 0 Å². The fourth-order valence-corrected chi connectivity index (χ4v) is 4.35. The third kappa shape index (κ3) is 1.39. The highest BCUT2D eigenvalue weighted by molar-refractivity contribution is 5.18. The normalized spacial score (nSPS) is 50.1. The molecule has 0 spiro atoms. The highest BCUT2D eigenvalue weighted by Gasteiger charge is 2.46. The number of nitrogens with zero attached hydrogens (tertiary/aromatic N) is 1. The van der Waals surface area contributed by atoms with Crippen molar-refractivity contribution in [2.45, 2.75) is 64.6 Å². The van der Waals surface area contributed by atoms with E-state index < -0.39 is 0 Å². The van der Waals surface area contributed by atoms with E-state index in [4.69, 9.17) is 0 Å². The second kappa shape index (κ2) is 3.35. The van der Waals surface area contributed by atoms with Crippen LogP contribution in [0.5, 0.6) is 0 Å². The lowest BCUT2D eigenvalue weighted by Gasteiger charge is -2.49. The average molecular weight is 205 g/mol. The number of rotatable bonds is 0. The fourth-order valence-electron chi connectivity index (χ4n) is 4.35. The average Bonchev–Trinajstić information content (AvgIpc) is 2.58. The van der Waals surface area contributed by atoms with Gasteiger partial charge < -0.3 is 0 Å². The molecule has 84 valence electrons. The fraction of sp³-hybridized carbons (Fsp3) is 0.857. The third-order valence-electron chi connectivity index (χ3n) is 4.97. The Hall–Kier alpha value is -0.300. The third-order valence-corrected chi connectivity index (χ3v) is 4.97. The quantitative estimate of drug-likeness (QED) is 0.549. The van der Waals surface area contributed by atoms with Crippen molar-refractivity contribution in [2.24, 2.45) is 11.8 Å². The van der Waals surface area contributed by atoms with Crippen LogP contribution in [0.3, 0.4) is 0 Å². The molecule has 0 bridgehead atoms. The Balaban J connectivity index is 1.95.